The largest absolute Gasteiger partial charge is 0.394 e. The molecule has 1 aromatic rings. The van der Waals surface area contributed by atoms with Gasteiger partial charge in [-0.05, 0) is 37.3 Å². The third kappa shape index (κ3) is 2.65. The molecule has 1 aliphatic heterocycles. The minimum atomic E-state index is 0.229. The molecule has 1 aliphatic carbocycles. The minimum absolute atomic E-state index is 0.229. The van der Waals surface area contributed by atoms with E-state index >= 15 is 0 Å². The lowest BCUT2D eigenvalue weighted by Gasteiger charge is -2.24. The number of aliphatic hydroxyl groups is 1. The molecule has 2 N–H and O–H groups in total. The molecule has 1 saturated carbocycles. The summed E-state index contributed by atoms with van der Waals surface area (Å²) >= 11 is 0. The highest BCUT2D eigenvalue weighted by Gasteiger charge is 2.24. The lowest BCUT2D eigenvalue weighted by molar-refractivity contribution is 0.266. The van der Waals surface area contributed by atoms with Crippen LogP contribution in [0.3, 0.4) is 0 Å². The Balaban J connectivity index is 1.62. The normalized spacial score (nSPS) is 23.6. The summed E-state index contributed by atoms with van der Waals surface area (Å²) in [6, 6.07) is 5.22. The van der Waals surface area contributed by atoms with Gasteiger partial charge in [0, 0.05) is 25.3 Å². The van der Waals surface area contributed by atoms with Gasteiger partial charge in [-0.3, -0.25) is 0 Å². The summed E-state index contributed by atoms with van der Waals surface area (Å²) in [6.45, 7) is 2.16. The van der Waals surface area contributed by atoms with E-state index in [0.29, 0.717) is 0 Å². The van der Waals surface area contributed by atoms with Gasteiger partial charge in [-0.25, -0.2) is 4.98 Å². The number of nitrogens with one attached hydrogen (secondary N) is 1. The van der Waals surface area contributed by atoms with Crippen LogP contribution in [0.25, 0.3) is 0 Å². The van der Waals surface area contributed by atoms with E-state index in [1.807, 2.05) is 6.20 Å². The van der Waals surface area contributed by atoms with Gasteiger partial charge in [0.15, 0.2) is 0 Å². The fraction of sp³-hybridized carbons (Fsp3) is 0.643. The maximum atomic E-state index is 9.33. The van der Waals surface area contributed by atoms with Crippen LogP contribution >= 0.6 is 0 Å². The molecule has 2 fully saturated rings. The van der Waals surface area contributed by atoms with E-state index in [2.05, 4.69) is 27.3 Å². The van der Waals surface area contributed by atoms with Crippen molar-refractivity contribution in [3.05, 3.63) is 23.9 Å². The van der Waals surface area contributed by atoms with Gasteiger partial charge in [-0.1, -0.05) is 6.07 Å². The molecular formula is C14H21N3O. The number of aliphatic hydroxyl groups excluding tert-OH is 1. The second kappa shape index (κ2) is 5.24. The number of hydrogen-bond donors (Lipinski definition) is 2. The number of hydrogen-bond acceptors (Lipinski definition) is 4. The molecule has 4 heteroatoms. The number of pyridine rings is 1. The van der Waals surface area contributed by atoms with Crippen LogP contribution in [0.1, 0.15) is 31.2 Å². The van der Waals surface area contributed by atoms with Crippen molar-refractivity contribution in [3.63, 3.8) is 0 Å². The Morgan fingerprint density at radius 1 is 1.33 bits per heavy atom. The van der Waals surface area contributed by atoms with E-state index in [4.69, 9.17) is 0 Å². The summed E-state index contributed by atoms with van der Waals surface area (Å²) in [5, 5.41) is 12.8. The molecule has 0 amide bonds. The van der Waals surface area contributed by atoms with Crippen LogP contribution in [0.2, 0.25) is 0 Å². The fourth-order valence-electron chi connectivity index (χ4n) is 2.57. The number of rotatable bonds is 5. The molecule has 1 saturated heterocycles. The molecule has 98 valence electrons. The average molecular weight is 247 g/mol. The van der Waals surface area contributed by atoms with Crippen LogP contribution in [0.15, 0.2) is 18.3 Å². The lowest BCUT2D eigenvalue weighted by atomic mass is 10.2. The summed E-state index contributed by atoms with van der Waals surface area (Å²) in [7, 11) is 0. The molecule has 0 bridgehead atoms. The Morgan fingerprint density at radius 2 is 2.22 bits per heavy atom. The lowest BCUT2D eigenvalue weighted by Crippen LogP contribution is -2.32. The maximum absolute atomic E-state index is 9.33. The smallest absolute Gasteiger partial charge is 0.128 e. The van der Waals surface area contributed by atoms with Crippen LogP contribution in [0, 0.1) is 0 Å². The zero-order valence-electron chi connectivity index (χ0n) is 10.7. The van der Waals surface area contributed by atoms with Crippen molar-refractivity contribution < 1.29 is 5.11 Å². The van der Waals surface area contributed by atoms with Crippen LogP contribution in [-0.2, 0) is 6.54 Å². The van der Waals surface area contributed by atoms with Crippen molar-refractivity contribution in [2.75, 3.05) is 18.1 Å². The molecule has 0 spiro atoms. The third-order valence-corrected chi connectivity index (χ3v) is 3.86. The predicted molar refractivity (Wildman–Crippen MR) is 71.6 cm³/mol. The molecule has 3 rings (SSSR count). The van der Waals surface area contributed by atoms with E-state index in [-0.39, 0.29) is 12.6 Å². The summed E-state index contributed by atoms with van der Waals surface area (Å²) < 4.78 is 0. The summed E-state index contributed by atoms with van der Waals surface area (Å²) in [6.07, 6.45) is 6.81. The minimum Gasteiger partial charge on any atom is -0.394 e. The van der Waals surface area contributed by atoms with Gasteiger partial charge in [0.05, 0.1) is 12.6 Å². The first-order chi connectivity index (χ1) is 8.86. The summed E-state index contributed by atoms with van der Waals surface area (Å²) in [4.78, 5) is 6.75. The van der Waals surface area contributed by atoms with Gasteiger partial charge in [0.1, 0.15) is 5.82 Å². The average Bonchev–Trinajstić information content (AvgIpc) is 3.12. The van der Waals surface area contributed by atoms with Crippen molar-refractivity contribution in [2.45, 2.75) is 44.3 Å². The van der Waals surface area contributed by atoms with Crippen LogP contribution < -0.4 is 10.2 Å². The van der Waals surface area contributed by atoms with Gasteiger partial charge in [-0.2, -0.15) is 0 Å². The summed E-state index contributed by atoms with van der Waals surface area (Å²) in [5.74, 6) is 1.00. The predicted octanol–water partition coefficient (Wildman–Crippen LogP) is 1.29. The van der Waals surface area contributed by atoms with Crippen LogP contribution in [0.5, 0.6) is 0 Å². The van der Waals surface area contributed by atoms with E-state index < -0.39 is 0 Å². The van der Waals surface area contributed by atoms with Crippen molar-refractivity contribution in [2.24, 2.45) is 0 Å². The van der Waals surface area contributed by atoms with Gasteiger partial charge >= 0.3 is 0 Å². The first-order valence-electron chi connectivity index (χ1n) is 6.92. The highest BCUT2D eigenvalue weighted by molar-refractivity contribution is 5.41. The molecular weight excluding hydrogens is 226 g/mol. The Labute approximate surface area is 108 Å². The molecule has 18 heavy (non-hydrogen) atoms. The van der Waals surface area contributed by atoms with E-state index in [9.17, 15) is 5.11 Å². The second-order valence-electron chi connectivity index (χ2n) is 5.35. The van der Waals surface area contributed by atoms with E-state index in [0.717, 1.165) is 37.8 Å². The van der Waals surface area contributed by atoms with Crippen molar-refractivity contribution in [1.82, 2.24) is 10.3 Å². The Morgan fingerprint density at radius 3 is 2.89 bits per heavy atom. The number of anilines is 1. The molecule has 0 aromatic carbocycles. The quantitative estimate of drug-likeness (QED) is 0.823. The number of aromatic nitrogens is 1. The molecule has 4 nitrogen and oxygen atoms in total. The zero-order chi connectivity index (χ0) is 12.4. The standard InChI is InChI=1S/C14H21N3O/c18-10-13-2-1-7-17(13)14-6-3-11(9-16-14)8-15-12-4-5-12/h3,6,9,12-13,15,18H,1-2,4-5,7-8,10H2. The van der Waals surface area contributed by atoms with Crippen molar-refractivity contribution in [3.8, 4) is 0 Å². The first kappa shape index (κ1) is 11.9. The SMILES string of the molecule is OCC1CCCN1c1ccc(CNC2CC2)cn1. The fourth-order valence-corrected chi connectivity index (χ4v) is 2.57. The topological polar surface area (TPSA) is 48.4 Å². The Bertz CT molecular complexity index is 389. The monoisotopic (exact) mass is 247 g/mol. The van der Waals surface area contributed by atoms with Crippen molar-refractivity contribution >= 4 is 5.82 Å². The number of nitrogens with zero attached hydrogens (tertiary/aromatic N) is 2. The highest BCUT2D eigenvalue weighted by atomic mass is 16.3. The molecule has 2 aliphatic rings. The van der Waals surface area contributed by atoms with Crippen LogP contribution in [0.4, 0.5) is 5.82 Å². The van der Waals surface area contributed by atoms with Gasteiger partial charge in [0.2, 0.25) is 0 Å². The van der Waals surface area contributed by atoms with Gasteiger partial charge in [0.25, 0.3) is 0 Å². The summed E-state index contributed by atoms with van der Waals surface area (Å²) in [5.41, 5.74) is 1.24. The van der Waals surface area contributed by atoms with Gasteiger partial charge < -0.3 is 15.3 Å². The highest BCUT2D eigenvalue weighted by Crippen LogP contribution is 2.24. The van der Waals surface area contributed by atoms with E-state index in [1.165, 1.54) is 18.4 Å². The van der Waals surface area contributed by atoms with Crippen LogP contribution in [-0.4, -0.2) is 35.3 Å². The Kier molecular flexibility index (Phi) is 3.48. The van der Waals surface area contributed by atoms with Crippen molar-refractivity contribution in [1.29, 1.82) is 0 Å². The molecule has 1 unspecified atom stereocenters. The Hall–Kier alpha value is -1.13. The third-order valence-electron chi connectivity index (χ3n) is 3.86. The second-order valence-corrected chi connectivity index (χ2v) is 5.35. The van der Waals surface area contributed by atoms with E-state index in [1.54, 1.807) is 0 Å². The maximum Gasteiger partial charge on any atom is 0.128 e. The molecule has 1 atom stereocenters. The molecule has 2 heterocycles. The zero-order valence-corrected chi connectivity index (χ0v) is 10.7. The molecule has 1 aromatic heterocycles. The molecule has 0 radical (unpaired) electrons. The van der Waals surface area contributed by atoms with Gasteiger partial charge in [-0.15, -0.1) is 0 Å². The first-order valence-corrected chi connectivity index (χ1v) is 6.92.